The first kappa shape index (κ1) is 11.1. The molecule has 96 valence electrons. The normalized spacial score (nSPS) is 19.5. The molecule has 4 rings (SSSR count). The lowest BCUT2D eigenvalue weighted by Gasteiger charge is -2.34. The summed E-state index contributed by atoms with van der Waals surface area (Å²) in [6, 6.07) is 13.5. The first-order valence-electron chi connectivity index (χ1n) is 6.90. The van der Waals surface area contributed by atoms with Crippen LogP contribution in [0, 0.1) is 0 Å². The Morgan fingerprint density at radius 3 is 2.84 bits per heavy atom. The van der Waals surface area contributed by atoms with Gasteiger partial charge in [0.15, 0.2) is 0 Å². The van der Waals surface area contributed by atoms with E-state index in [2.05, 4.69) is 41.7 Å². The zero-order chi connectivity index (χ0) is 12.8. The average molecular weight is 251 g/mol. The summed E-state index contributed by atoms with van der Waals surface area (Å²) >= 11 is 0. The van der Waals surface area contributed by atoms with Gasteiger partial charge >= 0.3 is 0 Å². The molecule has 2 aromatic rings. The summed E-state index contributed by atoms with van der Waals surface area (Å²) in [5, 5.41) is 3.65. The fourth-order valence-corrected chi connectivity index (χ4v) is 3.56. The molecule has 0 bridgehead atoms. The van der Waals surface area contributed by atoms with Gasteiger partial charge in [-0.05, 0) is 47.7 Å². The molecule has 19 heavy (non-hydrogen) atoms. The SMILES string of the molecule is COc1cccc2c1-c1cccc3c1[C@@H](C2)NCC3. The van der Waals surface area contributed by atoms with Crippen LogP contribution >= 0.6 is 0 Å². The van der Waals surface area contributed by atoms with E-state index < -0.39 is 0 Å². The van der Waals surface area contributed by atoms with Crippen molar-refractivity contribution in [3.63, 3.8) is 0 Å². The maximum Gasteiger partial charge on any atom is 0.126 e. The van der Waals surface area contributed by atoms with Crippen LogP contribution in [0.25, 0.3) is 11.1 Å². The Hall–Kier alpha value is -1.80. The lowest BCUT2D eigenvalue weighted by atomic mass is 9.78. The second kappa shape index (κ2) is 4.10. The number of hydrogen-bond donors (Lipinski definition) is 1. The van der Waals surface area contributed by atoms with Gasteiger partial charge in [-0.15, -0.1) is 0 Å². The van der Waals surface area contributed by atoms with E-state index in [1.54, 1.807) is 7.11 Å². The summed E-state index contributed by atoms with van der Waals surface area (Å²) in [7, 11) is 1.76. The van der Waals surface area contributed by atoms with Crippen LogP contribution in [-0.4, -0.2) is 13.7 Å². The maximum absolute atomic E-state index is 5.58. The van der Waals surface area contributed by atoms with Crippen LogP contribution in [0.15, 0.2) is 36.4 Å². The summed E-state index contributed by atoms with van der Waals surface area (Å²) in [5.41, 5.74) is 7.03. The third-order valence-electron chi connectivity index (χ3n) is 4.36. The van der Waals surface area contributed by atoms with E-state index in [1.807, 2.05) is 0 Å². The summed E-state index contributed by atoms with van der Waals surface area (Å²) in [6.07, 6.45) is 2.20. The van der Waals surface area contributed by atoms with E-state index in [-0.39, 0.29) is 0 Å². The number of hydrogen-bond acceptors (Lipinski definition) is 2. The lowest BCUT2D eigenvalue weighted by molar-refractivity contribution is 0.414. The Balaban J connectivity index is 2.04. The van der Waals surface area contributed by atoms with Gasteiger partial charge < -0.3 is 10.1 Å². The summed E-state index contributed by atoms with van der Waals surface area (Å²) < 4.78 is 5.58. The quantitative estimate of drug-likeness (QED) is 0.841. The molecule has 2 nitrogen and oxygen atoms in total. The zero-order valence-corrected chi connectivity index (χ0v) is 11.1. The molecule has 0 amide bonds. The maximum atomic E-state index is 5.58. The van der Waals surface area contributed by atoms with Crippen molar-refractivity contribution < 1.29 is 4.74 Å². The van der Waals surface area contributed by atoms with E-state index in [0.29, 0.717) is 6.04 Å². The van der Waals surface area contributed by atoms with Gasteiger partial charge in [0.05, 0.1) is 7.11 Å². The highest BCUT2D eigenvalue weighted by molar-refractivity contribution is 5.80. The summed E-state index contributed by atoms with van der Waals surface area (Å²) in [6.45, 7) is 1.08. The predicted octanol–water partition coefficient (Wildman–Crippen LogP) is 3.11. The number of benzene rings is 2. The summed E-state index contributed by atoms with van der Waals surface area (Å²) in [4.78, 5) is 0. The first-order chi connectivity index (χ1) is 9.38. The molecule has 0 radical (unpaired) electrons. The van der Waals surface area contributed by atoms with E-state index in [9.17, 15) is 0 Å². The Bertz CT molecular complexity index is 648. The highest BCUT2D eigenvalue weighted by Gasteiger charge is 2.30. The molecular weight excluding hydrogens is 234 g/mol. The van der Waals surface area contributed by atoms with Crippen LogP contribution in [0.2, 0.25) is 0 Å². The third kappa shape index (κ3) is 1.53. The van der Waals surface area contributed by atoms with Crippen molar-refractivity contribution in [3.8, 4) is 16.9 Å². The molecule has 1 heterocycles. The van der Waals surface area contributed by atoms with Crippen LogP contribution in [0.1, 0.15) is 22.7 Å². The molecule has 2 aliphatic rings. The molecule has 2 heteroatoms. The number of ether oxygens (including phenoxy) is 1. The van der Waals surface area contributed by atoms with Crippen LogP contribution < -0.4 is 10.1 Å². The molecule has 0 saturated carbocycles. The standard InChI is InChI=1S/C17H17NO/c1-19-15-7-3-5-12-10-14-16-11(8-9-18-14)4-2-6-13(16)17(12)15/h2-7,14,18H,8-10H2,1H3/t14-/m1/s1. The van der Waals surface area contributed by atoms with E-state index in [1.165, 1.54) is 27.8 Å². The zero-order valence-electron chi connectivity index (χ0n) is 11.1. The molecule has 2 aromatic carbocycles. The molecule has 0 unspecified atom stereocenters. The van der Waals surface area contributed by atoms with Crippen molar-refractivity contribution in [2.45, 2.75) is 18.9 Å². The molecule has 0 spiro atoms. The van der Waals surface area contributed by atoms with Crippen LogP contribution in [0.5, 0.6) is 5.75 Å². The molecule has 0 saturated heterocycles. The van der Waals surface area contributed by atoms with Crippen molar-refractivity contribution in [1.82, 2.24) is 5.32 Å². The Labute approximate surface area is 113 Å². The Morgan fingerprint density at radius 2 is 1.95 bits per heavy atom. The van der Waals surface area contributed by atoms with Crippen molar-refractivity contribution in [1.29, 1.82) is 0 Å². The topological polar surface area (TPSA) is 21.3 Å². The monoisotopic (exact) mass is 251 g/mol. The van der Waals surface area contributed by atoms with E-state index in [0.717, 1.165) is 25.1 Å². The Kier molecular flexibility index (Phi) is 2.39. The molecular formula is C17H17NO. The third-order valence-corrected chi connectivity index (χ3v) is 4.36. The minimum atomic E-state index is 0.472. The molecule has 1 atom stereocenters. The van der Waals surface area contributed by atoms with Gasteiger partial charge in [-0.3, -0.25) is 0 Å². The second-order valence-electron chi connectivity index (χ2n) is 5.33. The predicted molar refractivity (Wildman–Crippen MR) is 76.6 cm³/mol. The van der Waals surface area contributed by atoms with Gasteiger partial charge in [0.2, 0.25) is 0 Å². The number of rotatable bonds is 1. The second-order valence-corrected chi connectivity index (χ2v) is 5.33. The van der Waals surface area contributed by atoms with Gasteiger partial charge in [0.1, 0.15) is 5.75 Å². The number of methoxy groups -OCH3 is 1. The van der Waals surface area contributed by atoms with Gasteiger partial charge in [0, 0.05) is 11.6 Å². The van der Waals surface area contributed by atoms with E-state index >= 15 is 0 Å². The van der Waals surface area contributed by atoms with Crippen LogP contribution in [0.3, 0.4) is 0 Å². The van der Waals surface area contributed by atoms with Crippen LogP contribution in [-0.2, 0) is 12.8 Å². The highest BCUT2D eigenvalue weighted by atomic mass is 16.5. The number of fused-ring (bicyclic) bond motifs is 2. The average Bonchev–Trinajstić information content (AvgIpc) is 2.47. The fourth-order valence-electron chi connectivity index (χ4n) is 3.56. The smallest absolute Gasteiger partial charge is 0.126 e. The summed E-state index contributed by atoms with van der Waals surface area (Å²) in [5.74, 6) is 0.995. The lowest BCUT2D eigenvalue weighted by Crippen LogP contribution is -2.33. The molecule has 1 aliphatic heterocycles. The minimum absolute atomic E-state index is 0.472. The van der Waals surface area contributed by atoms with Crippen LogP contribution in [0.4, 0.5) is 0 Å². The Morgan fingerprint density at radius 1 is 1.11 bits per heavy atom. The first-order valence-corrected chi connectivity index (χ1v) is 6.90. The van der Waals surface area contributed by atoms with Crippen molar-refractivity contribution >= 4 is 0 Å². The molecule has 1 N–H and O–H groups in total. The van der Waals surface area contributed by atoms with Gasteiger partial charge in [0.25, 0.3) is 0 Å². The van der Waals surface area contributed by atoms with Crippen molar-refractivity contribution in [2.75, 3.05) is 13.7 Å². The van der Waals surface area contributed by atoms with Crippen molar-refractivity contribution in [3.05, 3.63) is 53.1 Å². The fraction of sp³-hybridized carbons (Fsp3) is 0.294. The molecule has 1 aliphatic carbocycles. The van der Waals surface area contributed by atoms with Gasteiger partial charge in [-0.1, -0.05) is 30.3 Å². The van der Waals surface area contributed by atoms with Gasteiger partial charge in [-0.2, -0.15) is 0 Å². The number of nitrogens with one attached hydrogen (secondary N) is 1. The molecule has 0 fully saturated rings. The minimum Gasteiger partial charge on any atom is -0.496 e. The highest BCUT2D eigenvalue weighted by Crippen LogP contribution is 2.45. The van der Waals surface area contributed by atoms with E-state index in [4.69, 9.17) is 4.74 Å². The largest absolute Gasteiger partial charge is 0.496 e. The van der Waals surface area contributed by atoms with Crippen molar-refractivity contribution in [2.24, 2.45) is 0 Å². The van der Waals surface area contributed by atoms with Gasteiger partial charge in [-0.25, -0.2) is 0 Å². The molecule has 0 aromatic heterocycles.